The van der Waals surface area contributed by atoms with Crippen LogP contribution in [0.15, 0.2) is 30.5 Å². The molecule has 1 unspecified atom stereocenters. The third kappa shape index (κ3) is 6.95. The van der Waals surface area contributed by atoms with Crippen LogP contribution in [0.3, 0.4) is 0 Å². The van der Waals surface area contributed by atoms with Gasteiger partial charge in [-0.3, -0.25) is 9.78 Å². The van der Waals surface area contributed by atoms with E-state index in [4.69, 9.17) is 32.9 Å². The number of carbonyl (C=O) groups excluding carboxylic acids is 2. The zero-order valence-electron chi connectivity index (χ0n) is 25.0. The van der Waals surface area contributed by atoms with Crippen LogP contribution in [-0.4, -0.2) is 79.6 Å². The van der Waals surface area contributed by atoms with E-state index < -0.39 is 5.97 Å². The molecule has 0 radical (unpaired) electrons. The van der Waals surface area contributed by atoms with Gasteiger partial charge in [0.05, 0.1) is 23.4 Å². The van der Waals surface area contributed by atoms with Crippen LogP contribution in [0.25, 0.3) is 11.6 Å². The van der Waals surface area contributed by atoms with E-state index in [-0.39, 0.29) is 5.92 Å². The summed E-state index contributed by atoms with van der Waals surface area (Å²) in [7, 11) is 1.39. The molecule has 7 nitrogen and oxygen atoms in total. The third-order valence-corrected chi connectivity index (χ3v) is 10.6. The quantitative estimate of drug-likeness (QED) is 0.404. The number of methoxy groups -OCH3 is 1. The second kappa shape index (κ2) is 13.7. The molecule has 4 heterocycles. The first-order valence-corrected chi connectivity index (χ1v) is 16.6. The van der Waals surface area contributed by atoms with E-state index in [2.05, 4.69) is 21.2 Å². The highest BCUT2D eigenvalue weighted by Crippen LogP contribution is 2.41. The molecule has 230 valence electrons. The minimum Gasteiger partial charge on any atom is -0.465 e. The van der Waals surface area contributed by atoms with Crippen molar-refractivity contribution in [2.24, 2.45) is 17.8 Å². The summed E-state index contributed by atoms with van der Waals surface area (Å²) in [5.74, 6) is 1.86. The summed E-state index contributed by atoms with van der Waals surface area (Å²) in [4.78, 5) is 35.3. The average molecular weight is 626 g/mol. The lowest BCUT2D eigenvalue weighted by Gasteiger charge is -2.41. The highest BCUT2D eigenvalue weighted by molar-refractivity contribution is 6.32. The van der Waals surface area contributed by atoms with Crippen LogP contribution in [-0.2, 0) is 14.3 Å². The Labute approximate surface area is 265 Å². The molecule has 0 spiro atoms. The van der Waals surface area contributed by atoms with Crippen molar-refractivity contribution in [3.8, 4) is 0 Å². The zero-order chi connectivity index (χ0) is 29.9. The molecule has 0 bridgehead atoms. The van der Waals surface area contributed by atoms with Gasteiger partial charge in [0.1, 0.15) is 0 Å². The van der Waals surface area contributed by atoms with E-state index >= 15 is 0 Å². The Hall–Kier alpha value is -2.45. The van der Waals surface area contributed by atoms with Gasteiger partial charge in [-0.25, -0.2) is 4.79 Å². The Morgan fingerprint density at radius 1 is 0.953 bits per heavy atom. The number of aromatic nitrogens is 1. The van der Waals surface area contributed by atoms with Gasteiger partial charge in [0.25, 0.3) is 0 Å². The van der Waals surface area contributed by atoms with E-state index in [9.17, 15) is 9.59 Å². The molecule has 3 aliphatic heterocycles. The number of nitrogens with one attached hydrogen (secondary N) is 1. The van der Waals surface area contributed by atoms with Crippen molar-refractivity contribution >= 4 is 46.7 Å². The minimum absolute atomic E-state index is 0.0383. The van der Waals surface area contributed by atoms with Crippen molar-refractivity contribution in [2.45, 2.75) is 50.9 Å². The SMILES string of the molecule is COC(=O)C1=Cc2cc(Cl)ccc2C(CN2CCC(C3CCN(C(=O)CC4CCNCC4)CC3)CC2)c2ncc(Cl)cc21. The van der Waals surface area contributed by atoms with E-state index in [1.807, 2.05) is 24.3 Å². The van der Waals surface area contributed by atoms with Crippen LogP contribution in [0.1, 0.15) is 73.2 Å². The van der Waals surface area contributed by atoms with E-state index in [0.29, 0.717) is 44.8 Å². The molecule has 1 N–H and O–H groups in total. The molecule has 1 aromatic carbocycles. The Bertz CT molecular complexity index is 1360. The molecule has 6 rings (SSSR count). The smallest absolute Gasteiger partial charge is 0.338 e. The number of ether oxygens (including phenoxy) is 1. The maximum absolute atomic E-state index is 12.9. The zero-order valence-corrected chi connectivity index (χ0v) is 26.5. The molecule has 3 saturated heterocycles. The standard InChI is InChI=1S/C34H42Cl2N4O3/c1-43-34(42)30-18-25-17-26(35)2-3-28(25)31(33-29(30)19-27(36)20-38-33)21-39-12-6-23(7-13-39)24-8-14-40(15-9-24)32(41)16-22-4-10-37-11-5-22/h2-3,17-20,22-24,31,37H,4-16,21H2,1H3. The van der Waals surface area contributed by atoms with Gasteiger partial charge in [-0.2, -0.15) is 0 Å². The molecular formula is C34H42Cl2N4O3. The highest BCUT2D eigenvalue weighted by Gasteiger charge is 2.34. The van der Waals surface area contributed by atoms with Gasteiger partial charge in [0, 0.05) is 48.8 Å². The summed E-state index contributed by atoms with van der Waals surface area (Å²) in [5, 5.41) is 4.50. The molecule has 9 heteroatoms. The van der Waals surface area contributed by atoms with Crippen LogP contribution in [0, 0.1) is 17.8 Å². The van der Waals surface area contributed by atoms with Gasteiger partial charge in [0.15, 0.2) is 0 Å². The summed E-state index contributed by atoms with van der Waals surface area (Å²) >= 11 is 12.8. The van der Waals surface area contributed by atoms with E-state index in [0.717, 1.165) is 94.7 Å². The molecule has 1 amide bonds. The molecule has 1 aliphatic carbocycles. The number of pyridine rings is 1. The molecule has 0 saturated carbocycles. The number of amides is 1. The molecule has 4 aliphatic rings. The number of hydrogen-bond donors (Lipinski definition) is 1. The average Bonchev–Trinajstić information content (AvgIpc) is 3.15. The fraction of sp³-hybridized carbons (Fsp3) is 0.559. The Morgan fingerprint density at radius 2 is 1.65 bits per heavy atom. The third-order valence-electron chi connectivity index (χ3n) is 10.2. The van der Waals surface area contributed by atoms with Gasteiger partial charge in [0.2, 0.25) is 5.91 Å². The first kappa shape index (κ1) is 30.6. The Balaban J connectivity index is 1.10. The number of fused-ring (bicyclic) bond motifs is 2. The molecule has 1 aromatic heterocycles. The Morgan fingerprint density at radius 3 is 2.35 bits per heavy atom. The van der Waals surface area contributed by atoms with Crippen LogP contribution in [0.5, 0.6) is 0 Å². The lowest BCUT2D eigenvalue weighted by molar-refractivity contribution is -0.134. The number of halogens is 2. The fourth-order valence-corrected chi connectivity index (χ4v) is 8.06. The maximum atomic E-state index is 12.9. The van der Waals surface area contributed by atoms with Crippen LogP contribution < -0.4 is 5.32 Å². The summed E-state index contributed by atoms with van der Waals surface area (Å²) < 4.78 is 5.15. The summed E-state index contributed by atoms with van der Waals surface area (Å²) in [6.45, 7) is 6.77. The predicted octanol–water partition coefficient (Wildman–Crippen LogP) is 5.89. The number of hydrogen-bond acceptors (Lipinski definition) is 6. The van der Waals surface area contributed by atoms with Gasteiger partial charge in [-0.1, -0.05) is 29.3 Å². The number of carbonyl (C=O) groups is 2. The second-order valence-corrected chi connectivity index (χ2v) is 13.6. The maximum Gasteiger partial charge on any atom is 0.338 e. The molecule has 2 aromatic rings. The largest absolute Gasteiger partial charge is 0.465 e. The molecule has 43 heavy (non-hydrogen) atoms. The van der Waals surface area contributed by atoms with Gasteiger partial charge >= 0.3 is 5.97 Å². The van der Waals surface area contributed by atoms with Gasteiger partial charge in [-0.05, 0) is 118 Å². The number of rotatable bonds is 6. The predicted molar refractivity (Wildman–Crippen MR) is 171 cm³/mol. The summed E-state index contributed by atoms with van der Waals surface area (Å²) in [5.41, 5.74) is 4.00. The van der Waals surface area contributed by atoms with Crippen LogP contribution >= 0.6 is 23.2 Å². The second-order valence-electron chi connectivity index (χ2n) is 12.7. The topological polar surface area (TPSA) is 74.8 Å². The summed E-state index contributed by atoms with van der Waals surface area (Å²) in [6.07, 6.45) is 11.1. The fourth-order valence-electron chi connectivity index (χ4n) is 7.72. The van der Waals surface area contributed by atoms with Crippen molar-refractivity contribution < 1.29 is 14.3 Å². The van der Waals surface area contributed by atoms with E-state index in [1.54, 1.807) is 6.20 Å². The van der Waals surface area contributed by atoms with Crippen molar-refractivity contribution in [1.82, 2.24) is 20.1 Å². The van der Waals surface area contributed by atoms with Crippen molar-refractivity contribution in [1.29, 1.82) is 0 Å². The van der Waals surface area contributed by atoms with E-state index in [1.165, 1.54) is 20.0 Å². The first-order chi connectivity index (χ1) is 20.9. The van der Waals surface area contributed by atoms with Crippen molar-refractivity contribution in [2.75, 3.05) is 52.9 Å². The van der Waals surface area contributed by atoms with Gasteiger partial charge in [-0.15, -0.1) is 0 Å². The highest BCUT2D eigenvalue weighted by atomic mass is 35.5. The van der Waals surface area contributed by atoms with Crippen LogP contribution in [0.4, 0.5) is 0 Å². The van der Waals surface area contributed by atoms with Crippen molar-refractivity contribution in [3.05, 3.63) is 62.9 Å². The molecular weight excluding hydrogens is 583 g/mol. The minimum atomic E-state index is -0.420. The lowest BCUT2D eigenvalue weighted by atomic mass is 9.78. The number of benzene rings is 1. The number of nitrogens with zero attached hydrogens (tertiary/aromatic N) is 3. The van der Waals surface area contributed by atoms with Crippen molar-refractivity contribution in [3.63, 3.8) is 0 Å². The number of likely N-dealkylation sites (tertiary alicyclic amines) is 2. The number of piperidine rings is 3. The molecule has 3 fully saturated rings. The van der Waals surface area contributed by atoms with Gasteiger partial charge < -0.3 is 19.9 Å². The number of esters is 1. The van der Waals surface area contributed by atoms with Crippen LogP contribution in [0.2, 0.25) is 10.0 Å². The lowest BCUT2D eigenvalue weighted by Crippen LogP contribution is -2.44. The normalized spacial score (nSPS) is 22.3. The molecule has 1 atom stereocenters. The monoisotopic (exact) mass is 624 g/mol. The first-order valence-electron chi connectivity index (χ1n) is 15.9. The summed E-state index contributed by atoms with van der Waals surface area (Å²) in [6, 6.07) is 7.71. The Kier molecular flexibility index (Phi) is 9.72.